The molecule has 1 aromatic carbocycles. The summed E-state index contributed by atoms with van der Waals surface area (Å²) in [4.78, 5) is 11.0. The lowest BCUT2D eigenvalue weighted by molar-refractivity contribution is 0.146. The predicted molar refractivity (Wildman–Crippen MR) is 61.8 cm³/mol. The van der Waals surface area contributed by atoms with E-state index in [1.807, 2.05) is 0 Å². The van der Waals surface area contributed by atoms with Gasteiger partial charge in [0.15, 0.2) is 0 Å². The van der Waals surface area contributed by atoms with Gasteiger partial charge in [0.1, 0.15) is 12.4 Å². The quantitative estimate of drug-likeness (QED) is 0.766. The van der Waals surface area contributed by atoms with Crippen LogP contribution in [0.4, 0.5) is 16.2 Å². The molecule has 0 saturated carbocycles. The smallest absolute Gasteiger partial charge is 0.337 e. The number of rotatable bonds is 4. The maximum Gasteiger partial charge on any atom is 0.337 e. The third kappa shape index (κ3) is 2.58. The first-order chi connectivity index (χ1) is 8.20. The lowest BCUT2D eigenvalue weighted by Crippen LogP contribution is -2.45. The first kappa shape index (κ1) is 11.5. The molecule has 7 heteroatoms. The van der Waals surface area contributed by atoms with Crippen molar-refractivity contribution in [1.82, 2.24) is 5.43 Å². The van der Waals surface area contributed by atoms with Crippen LogP contribution in [0.15, 0.2) is 18.2 Å². The van der Waals surface area contributed by atoms with Gasteiger partial charge >= 0.3 is 6.03 Å². The number of nitrogens with one attached hydrogen (secondary N) is 2. The number of hydrogen-bond donors (Lipinski definition) is 2. The van der Waals surface area contributed by atoms with E-state index < -0.39 is 6.03 Å². The summed E-state index contributed by atoms with van der Waals surface area (Å²) in [5.74, 6) is 0.541. The number of benzene rings is 1. The van der Waals surface area contributed by atoms with E-state index >= 15 is 0 Å². The van der Waals surface area contributed by atoms with Gasteiger partial charge in [-0.3, -0.25) is 5.43 Å². The van der Waals surface area contributed by atoms with Crippen molar-refractivity contribution >= 4 is 17.4 Å². The highest BCUT2D eigenvalue weighted by Gasteiger charge is 2.15. The molecule has 2 N–H and O–H groups in total. The van der Waals surface area contributed by atoms with Gasteiger partial charge in [0.25, 0.3) is 0 Å². The molecule has 0 unspecified atom stereocenters. The molecule has 0 aliphatic carbocycles. The van der Waals surface area contributed by atoms with E-state index in [1.165, 1.54) is 0 Å². The highest BCUT2D eigenvalue weighted by Crippen LogP contribution is 2.31. The van der Waals surface area contributed by atoms with Gasteiger partial charge in [-0.1, -0.05) is 0 Å². The Hall–Kier alpha value is -1.99. The Morgan fingerprint density at radius 2 is 2.24 bits per heavy atom. The Morgan fingerprint density at radius 3 is 3.00 bits per heavy atom. The second-order valence-electron chi connectivity index (χ2n) is 3.38. The Kier molecular flexibility index (Phi) is 3.31. The zero-order valence-corrected chi connectivity index (χ0v) is 9.23. The van der Waals surface area contributed by atoms with Crippen LogP contribution in [0.3, 0.4) is 0 Å². The molecular weight excluding hydrogens is 226 g/mol. The first-order valence-electron chi connectivity index (χ1n) is 5.01. The second-order valence-corrected chi connectivity index (χ2v) is 3.38. The number of carbonyl (C=O) groups is 1. The van der Waals surface area contributed by atoms with Gasteiger partial charge in [0.05, 0.1) is 18.0 Å². The van der Waals surface area contributed by atoms with Gasteiger partial charge in [-0.05, 0) is 12.1 Å². The molecule has 0 radical (unpaired) electrons. The van der Waals surface area contributed by atoms with Crippen molar-refractivity contribution in [3.05, 3.63) is 23.4 Å². The van der Waals surface area contributed by atoms with Gasteiger partial charge in [0.2, 0.25) is 0 Å². The molecule has 2 rings (SSSR count). The van der Waals surface area contributed by atoms with Crippen LogP contribution in [-0.2, 0) is 4.74 Å². The average molecular weight is 238 g/mol. The zero-order valence-electron chi connectivity index (χ0n) is 9.23. The normalized spacial score (nSPS) is 13.8. The van der Waals surface area contributed by atoms with Crippen molar-refractivity contribution in [3.63, 3.8) is 0 Å². The van der Waals surface area contributed by atoms with E-state index in [-0.39, 0.29) is 0 Å². The standard InChI is InChI=1S/C10H12N3O4/c1-16-4-5-17-7-2-3-8-9(6-7)13(15)12-10(14)11-8/h2-3,6H,4-5H2,1H3,(H2,11,12,14)/q-1. The maximum atomic E-state index is 11.4. The van der Waals surface area contributed by atoms with Crippen LogP contribution in [0.2, 0.25) is 0 Å². The molecular formula is C10H12N3O4-. The molecule has 1 aliphatic rings. The molecule has 1 aromatic rings. The summed E-state index contributed by atoms with van der Waals surface area (Å²) < 4.78 is 10.2. The molecule has 0 bridgehead atoms. The van der Waals surface area contributed by atoms with Gasteiger partial charge in [0, 0.05) is 13.2 Å². The molecule has 17 heavy (non-hydrogen) atoms. The lowest BCUT2D eigenvalue weighted by atomic mass is 10.2. The van der Waals surface area contributed by atoms with Crippen molar-refractivity contribution in [1.29, 1.82) is 0 Å². The number of nitrogens with zero attached hydrogens (tertiary/aromatic N) is 1. The minimum Gasteiger partial charge on any atom is -0.739 e. The SMILES string of the molecule is COCCOc1ccc2c(c1)N([O-])NC(=O)N2. The Labute approximate surface area is 97.9 Å². The van der Waals surface area contributed by atoms with Crippen LogP contribution in [0, 0.1) is 5.21 Å². The molecule has 1 aliphatic heterocycles. The number of carbonyl (C=O) groups excluding carboxylic acids is 1. The van der Waals surface area contributed by atoms with Gasteiger partial charge in [-0.25, -0.2) is 4.79 Å². The number of amides is 2. The summed E-state index contributed by atoms with van der Waals surface area (Å²) in [6.07, 6.45) is 0. The van der Waals surface area contributed by atoms with E-state index in [0.29, 0.717) is 35.5 Å². The Morgan fingerprint density at radius 1 is 1.41 bits per heavy atom. The van der Waals surface area contributed by atoms with E-state index in [0.717, 1.165) is 0 Å². The number of anilines is 2. The average Bonchev–Trinajstić information content (AvgIpc) is 2.30. The Bertz CT molecular complexity index is 424. The molecule has 0 fully saturated rings. The topological polar surface area (TPSA) is 85.9 Å². The molecule has 2 amide bonds. The van der Waals surface area contributed by atoms with Crippen LogP contribution in [0.1, 0.15) is 0 Å². The molecule has 92 valence electrons. The molecule has 0 atom stereocenters. The summed E-state index contributed by atoms with van der Waals surface area (Å²) in [6, 6.07) is 4.28. The fourth-order valence-corrected chi connectivity index (χ4v) is 1.42. The number of urea groups is 1. The van der Waals surface area contributed by atoms with Crippen molar-refractivity contribution < 1.29 is 14.3 Å². The number of ether oxygens (including phenoxy) is 2. The monoisotopic (exact) mass is 238 g/mol. The number of hydrogen-bond acceptors (Lipinski definition) is 5. The minimum atomic E-state index is -0.555. The lowest BCUT2D eigenvalue weighted by Gasteiger charge is -2.36. The second kappa shape index (κ2) is 4.89. The minimum absolute atomic E-state index is 0.305. The van der Waals surface area contributed by atoms with Crippen molar-refractivity contribution in [2.75, 3.05) is 30.8 Å². The third-order valence-electron chi connectivity index (χ3n) is 2.20. The fourth-order valence-electron chi connectivity index (χ4n) is 1.42. The van der Waals surface area contributed by atoms with Crippen LogP contribution >= 0.6 is 0 Å². The van der Waals surface area contributed by atoms with Gasteiger partial charge in [-0.2, -0.15) is 0 Å². The molecule has 0 saturated heterocycles. The van der Waals surface area contributed by atoms with Crippen molar-refractivity contribution in [3.8, 4) is 5.75 Å². The summed E-state index contributed by atoms with van der Waals surface area (Å²) >= 11 is 0. The zero-order chi connectivity index (χ0) is 12.3. The van der Waals surface area contributed by atoms with E-state index in [1.54, 1.807) is 25.3 Å². The van der Waals surface area contributed by atoms with Crippen LogP contribution in [0.5, 0.6) is 5.75 Å². The van der Waals surface area contributed by atoms with E-state index in [4.69, 9.17) is 9.47 Å². The number of hydrazine groups is 1. The van der Waals surface area contributed by atoms with Crippen LogP contribution in [-0.4, -0.2) is 26.4 Å². The number of methoxy groups -OCH3 is 1. The summed E-state index contributed by atoms with van der Waals surface area (Å²) in [7, 11) is 1.58. The molecule has 1 heterocycles. The van der Waals surface area contributed by atoms with Crippen LogP contribution < -0.4 is 20.7 Å². The van der Waals surface area contributed by atoms with Gasteiger partial charge in [-0.15, -0.1) is 0 Å². The van der Waals surface area contributed by atoms with Crippen molar-refractivity contribution in [2.24, 2.45) is 0 Å². The summed E-state index contributed by atoms with van der Waals surface area (Å²) in [5, 5.41) is 14.4. The van der Waals surface area contributed by atoms with Crippen molar-refractivity contribution in [2.45, 2.75) is 0 Å². The highest BCUT2D eigenvalue weighted by molar-refractivity contribution is 5.98. The maximum absolute atomic E-state index is 11.4. The van der Waals surface area contributed by atoms with E-state index in [2.05, 4.69) is 10.7 Å². The summed E-state index contributed by atoms with van der Waals surface area (Å²) in [5.41, 5.74) is 2.83. The fraction of sp³-hybridized carbons (Fsp3) is 0.300. The first-order valence-corrected chi connectivity index (χ1v) is 5.01. The predicted octanol–water partition coefficient (Wildman–Crippen LogP) is 1.07. The number of fused-ring (bicyclic) bond motifs is 1. The Balaban J connectivity index is 2.13. The molecule has 7 nitrogen and oxygen atoms in total. The largest absolute Gasteiger partial charge is 0.739 e. The highest BCUT2D eigenvalue weighted by atomic mass is 16.5. The molecule has 0 aromatic heterocycles. The third-order valence-corrected chi connectivity index (χ3v) is 2.20. The van der Waals surface area contributed by atoms with Gasteiger partial charge < -0.3 is 25.2 Å². The molecule has 0 spiro atoms. The van der Waals surface area contributed by atoms with E-state index in [9.17, 15) is 10.0 Å². The summed E-state index contributed by atoms with van der Waals surface area (Å²) in [6.45, 7) is 0.862. The van der Waals surface area contributed by atoms with Crippen LogP contribution in [0.25, 0.3) is 0 Å².